The van der Waals surface area contributed by atoms with Gasteiger partial charge < -0.3 is 9.84 Å². The van der Waals surface area contributed by atoms with Gasteiger partial charge >= 0.3 is 5.97 Å². The standard InChI is InChI=1S/C14H17N3O3/c1-4-8-20-11-6-5-7-15-13(11)17-10(3)12(14(18)19)9(2)16-17/h5-7H,4,8H2,1-3H3,(H,18,19). The van der Waals surface area contributed by atoms with Gasteiger partial charge in [-0.25, -0.2) is 14.5 Å². The van der Waals surface area contributed by atoms with E-state index in [1.807, 2.05) is 6.92 Å². The van der Waals surface area contributed by atoms with Crippen LogP contribution in [0.1, 0.15) is 35.1 Å². The molecule has 0 aliphatic carbocycles. The third kappa shape index (κ3) is 2.49. The van der Waals surface area contributed by atoms with Crippen LogP contribution in [-0.4, -0.2) is 32.4 Å². The van der Waals surface area contributed by atoms with E-state index in [-0.39, 0.29) is 5.56 Å². The van der Waals surface area contributed by atoms with Gasteiger partial charge in [0.15, 0.2) is 11.6 Å². The quantitative estimate of drug-likeness (QED) is 0.906. The van der Waals surface area contributed by atoms with Crippen molar-refractivity contribution in [3.8, 4) is 11.6 Å². The van der Waals surface area contributed by atoms with Gasteiger partial charge in [0.25, 0.3) is 0 Å². The van der Waals surface area contributed by atoms with E-state index < -0.39 is 5.97 Å². The van der Waals surface area contributed by atoms with Crippen molar-refractivity contribution in [2.45, 2.75) is 27.2 Å². The summed E-state index contributed by atoms with van der Waals surface area (Å²) in [5, 5.41) is 13.5. The van der Waals surface area contributed by atoms with Gasteiger partial charge in [-0.1, -0.05) is 6.92 Å². The molecular formula is C14H17N3O3. The Kier molecular flexibility index (Phi) is 4.02. The van der Waals surface area contributed by atoms with Crippen molar-refractivity contribution < 1.29 is 14.6 Å². The molecule has 0 amide bonds. The van der Waals surface area contributed by atoms with E-state index in [9.17, 15) is 9.90 Å². The normalized spacial score (nSPS) is 10.6. The minimum Gasteiger partial charge on any atom is -0.490 e. The van der Waals surface area contributed by atoms with E-state index in [2.05, 4.69) is 10.1 Å². The third-order valence-electron chi connectivity index (χ3n) is 2.92. The Morgan fingerprint density at radius 3 is 2.80 bits per heavy atom. The number of carboxylic acids is 1. The summed E-state index contributed by atoms with van der Waals surface area (Å²) in [7, 11) is 0. The van der Waals surface area contributed by atoms with Crippen molar-refractivity contribution >= 4 is 5.97 Å². The summed E-state index contributed by atoms with van der Waals surface area (Å²) in [6.45, 7) is 5.97. The van der Waals surface area contributed by atoms with Crippen LogP contribution < -0.4 is 4.74 Å². The number of aromatic carboxylic acids is 1. The molecule has 0 aliphatic rings. The predicted molar refractivity (Wildman–Crippen MR) is 73.6 cm³/mol. The molecule has 0 spiro atoms. The molecule has 0 saturated heterocycles. The molecular weight excluding hydrogens is 258 g/mol. The Bertz CT molecular complexity index is 635. The zero-order valence-electron chi connectivity index (χ0n) is 11.8. The predicted octanol–water partition coefficient (Wildman–Crippen LogP) is 2.37. The lowest BCUT2D eigenvalue weighted by atomic mass is 10.2. The van der Waals surface area contributed by atoms with Crippen LogP contribution in [-0.2, 0) is 0 Å². The van der Waals surface area contributed by atoms with Crippen molar-refractivity contribution in [1.82, 2.24) is 14.8 Å². The molecule has 0 aliphatic heterocycles. The molecule has 0 radical (unpaired) electrons. The first-order valence-electron chi connectivity index (χ1n) is 6.44. The Morgan fingerprint density at radius 1 is 1.45 bits per heavy atom. The maximum atomic E-state index is 11.2. The maximum absolute atomic E-state index is 11.2. The van der Waals surface area contributed by atoms with Crippen LogP contribution >= 0.6 is 0 Å². The third-order valence-corrected chi connectivity index (χ3v) is 2.92. The van der Waals surface area contributed by atoms with Gasteiger partial charge in [0.2, 0.25) is 0 Å². The summed E-state index contributed by atoms with van der Waals surface area (Å²) < 4.78 is 7.15. The number of carbonyl (C=O) groups is 1. The van der Waals surface area contributed by atoms with Crippen molar-refractivity contribution in [2.75, 3.05) is 6.61 Å². The van der Waals surface area contributed by atoms with Gasteiger partial charge in [-0.3, -0.25) is 0 Å². The highest BCUT2D eigenvalue weighted by Gasteiger charge is 2.20. The molecule has 0 aromatic carbocycles. The smallest absolute Gasteiger partial charge is 0.339 e. The van der Waals surface area contributed by atoms with Crippen molar-refractivity contribution in [1.29, 1.82) is 0 Å². The van der Waals surface area contributed by atoms with Crippen molar-refractivity contribution in [2.24, 2.45) is 0 Å². The molecule has 0 atom stereocenters. The molecule has 6 heteroatoms. The van der Waals surface area contributed by atoms with Gasteiger partial charge in [0.05, 0.1) is 18.0 Å². The lowest BCUT2D eigenvalue weighted by Gasteiger charge is -2.10. The fourth-order valence-corrected chi connectivity index (χ4v) is 2.02. The van der Waals surface area contributed by atoms with Crippen LogP contribution in [0.2, 0.25) is 0 Å². The van der Waals surface area contributed by atoms with E-state index in [0.29, 0.717) is 29.6 Å². The van der Waals surface area contributed by atoms with E-state index in [4.69, 9.17) is 4.74 Å². The zero-order valence-corrected chi connectivity index (χ0v) is 11.8. The molecule has 6 nitrogen and oxygen atoms in total. The Balaban J connectivity index is 2.52. The largest absolute Gasteiger partial charge is 0.490 e. The topological polar surface area (TPSA) is 77.2 Å². The first-order chi connectivity index (χ1) is 9.56. The van der Waals surface area contributed by atoms with Crippen LogP contribution in [0, 0.1) is 13.8 Å². The molecule has 0 fully saturated rings. The van der Waals surface area contributed by atoms with E-state index in [1.54, 1.807) is 32.2 Å². The van der Waals surface area contributed by atoms with Crippen LogP contribution in [0.15, 0.2) is 18.3 Å². The monoisotopic (exact) mass is 275 g/mol. The highest BCUT2D eigenvalue weighted by molar-refractivity contribution is 5.90. The lowest BCUT2D eigenvalue weighted by molar-refractivity contribution is 0.0695. The first-order valence-corrected chi connectivity index (χ1v) is 6.44. The number of carboxylic acid groups (broad SMARTS) is 1. The molecule has 106 valence electrons. The number of hydrogen-bond donors (Lipinski definition) is 1. The van der Waals surface area contributed by atoms with Gasteiger partial charge in [-0.05, 0) is 32.4 Å². The van der Waals surface area contributed by atoms with E-state index in [1.165, 1.54) is 4.68 Å². The van der Waals surface area contributed by atoms with Gasteiger partial charge in [-0.2, -0.15) is 5.10 Å². The van der Waals surface area contributed by atoms with Crippen molar-refractivity contribution in [3.05, 3.63) is 35.3 Å². The molecule has 0 unspecified atom stereocenters. The molecule has 2 aromatic rings. The number of hydrogen-bond acceptors (Lipinski definition) is 4. The Labute approximate surface area is 117 Å². The fraction of sp³-hybridized carbons (Fsp3) is 0.357. The maximum Gasteiger partial charge on any atom is 0.339 e. The number of nitrogens with zero attached hydrogens (tertiary/aromatic N) is 3. The molecule has 0 saturated carbocycles. The minimum atomic E-state index is -0.988. The Hall–Kier alpha value is -2.37. The molecule has 1 N–H and O–H groups in total. The molecule has 2 rings (SSSR count). The summed E-state index contributed by atoms with van der Waals surface area (Å²) >= 11 is 0. The van der Waals surface area contributed by atoms with Gasteiger partial charge in [0.1, 0.15) is 5.56 Å². The second-order valence-electron chi connectivity index (χ2n) is 4.44. The second kappa shape index (κ2) is 5.73. The van der Waals surface area contributed by atoms with Crippen LogP contribution in [0.5, 0.6) is 5.75 Å². The SMILES string of the molecule is CCCOc1cccnc1-n1nc(C)c(C(=O)O)c1C. The molecule has 20 heavy (non-hydrogen) atoms. The van der Waals surface area contributed by atoms with Crippen LogP contribution in [0.3, 0.4) is 0 Å². The van der Waals surface area contributed by atoms with E-state index in [0.717, 1.165) is 6.42 Å². The summed E-state index contributed by atoms with van der Waals surface area (Å²) in [4.78, 5) is 15.5. The first kappa shape index (κ1) is 14.0. The highest BCUT2D eigenvalue weighted by Crippen LogP contribution is 2.24. The number of aryl methyl sites for hydroxylation is 1. The Morgan fingerprint density at radius 2 is 2.20 bits per heavy atom. The summed E-state index contributed by atoms with van der Waals surface area (Å²) in [5.74, 6) is 0.115. The van der Waals surface area contributed by atoms with E-state index >= 15 is 0 Å². The average molecular weight is 275 g/mol. The summed E-state index contributed by atoms with van der Waals surface area (Å²) in [5.41, 5.74) is 1.20. The molecule has 0 bridgehead atoms. The fourth-order valence-electron chi connectivity index (χ4n) is 2.02. The lowest BCUT2D eigenvalue weighted by Crippen LogP contribution is -2.07. The van der Waals surface area contributed by atoms with Gasteiger partial charge in [-0.15, -0.1) is 0 Å². The molecule has 2 aromatic heterocycles. The van der Waals surface area contributed by atoms with Crippen LogP contribution in [0.25, 0.3) is 5.82 Å². The van der Waals surface area contributed by atoms with Gasteiger partial charge in [0, 0.05) is 6.20 Å². The second-order valence-corrected chi connectivity index (χ2v) is 4.44. The zero-order chi connectivity index (χ0) is 14.7. The average Bonchev–Trinajstić information content (AvgIpc) is 2.72. The minimum absolute atomic E-state index is 0.206. The number of pyridine rings is 1. The number of aromatic nitrogens is 3. The highest BCUT2D eigenvalue weighted by atomic mass is 16.5. The number of ether oxygens (including phenoxy) is 1. The van der Waals surface area contributed by atoms with Crippen molar-refractivity contribution in [3.63, 3.8) is 0 Å². The summed E-state index contributed by atoms with van der Waals surface area (Å²) in [6.07, 6.45) is 2.51. The summed E-state index contributed by atoms with van der Waals surface area (Å²) in [6, 6.07) is 3.58. The number of rotatable bonds is 5. The van der Waals surface area contributed by atoms with Crippen LogP contribution in [0.4, 0.5) is 0 Å². The molecule has 2 heterocycles.